The Kier molecular flexibility index (Phi) is 5.40. The first-order valence-corrected chi connectivity index (χ1v) is 10.7. The van der Waals surface area contributed by atoms with Gasteiger partial charge in [0.1, 0.15) is 11.4 Å². The predicted molar refractivity (Wildman–Crippen MR) is 126 cm³/mol. The molecule has 3 aromatic heterocycles. The molecule has 35 heavy (non-hydrogen) atoms. The van der Waals surface area contributed by atoms with Crippen LogP contribution in [0.15, 0.2) is 59.7 Å². The van der Waals surface area contributed by atoms with Crippen LogP contribution < -0.4 is 16.6 Å². The van der Waals surface area contributed by atoms with Gasteiger partial charge in [-0.3, -0.25) is 14.2 Å². The summed E-state index contributed by atoms with van der Waals surface area (Å²) in [6.45, 7) is 1.59. The van der Waals surface area contributed by atoms with Gasteiger partial charge in [-0.25, -0.2) is 23.3 Å². The summed E-state index contributed by atoms with van der Waals surface area (Å²) in [6, 6.07) is 8.47. The number of nitrogens with zero attached hydrogens (tertiary/aromatic N) is 5. The number of nitrogens with one attached hydrogen (secondary N) is 1. The molecule has 0 saturated heterocycles. The van der Waals surface area contributed by atoms with Gasteiger partial charge in [0.25, 0.3) is 11.5 Å². The van der Waals surface area contributed by atoms with Crippen LogP contribution in [0.4, 0.5) is 14.6 Å². The number of benzene rings is 2. The van der Waals surface area contributed by atoms with Crippen molar-refractivity contribution in [2.24, 2.45) is 0 Å². The number of halogens is 3. The van der Waals surface area contributed by atoms with Crippen LogP contribution in [-0.4, -0.2) is 30.1 Å². The Morgan fingerprint density at radius 2 is 1.97 bits per heavy atom. The summed E-state index contributed by atoms with van der Waals surface area (Å²) < 4.78 is 30.1. The Hall–Kier alpha value is -4.38. The number of hydrogen-bond acceptors (Lipinski definition) is 6. The predicted octanol–water partition coefficient (Wildman–Crippen LogP) is 3.43. The zero-order valence-corrected chi connectivity index (χ0v) is 18.8. The Balaban J connectivity index is 1.66. The van der Waals surface area contributed by atoms with Gasteiger partial charge in [0.15, 0.2) is 23.1 Å². The third-order valence-electron chi connectivity index (χ3n) is 5.42. The van der Waals surface area contributed by atoms with Crippen LogP contribution in [0, 0.1) is 11.6 Å². The molecule has 1 unspecified atom stereocenters. The topological polar surface area (TPSA) is 120 Å². The molecule has 0 aliphatic rings. The first-order chi connectivity index (χ1) is 16.8. The quantitative estimate of drug-likeness (QED) is 0.394. The number of nitrogen functional groups attached to an aromatic ring is 1. The molecule has 176 valence electrons. The van der Waals surface area contributed by atoms with Crippen molar-refractivity contribution in [3.8, 4) is 5.69 Å². The molecule has 0 bridgehead atoms. The molecule has 2 aromatic carbocycles. The fourth-order valence-corrected chi connectivity index (χ4v) is 4.08. The monoisotopic (exact) mass is 495 g/mol. The van der Waals surface area contributed by atoms with E-state index in [0.717, 1.165) is 16.7 Å². The van der Waals surface area contributed by atoms with Crippen molar-refractivity contribution in [3.63, 3.8) is 0 Å². The lowest BCUT2D eigenvalue weighted by molar-refractivity contribution is 0.0940. The fraction of sp³-hybridized carbons (Fsp3) is 0.0870. The molecule has 0 saturated carbocycles. The van der Waals surface area contributed by atoms with E-state index in [2.05, 4.69) is 20.4 Å². The van der Waals surface area contributed by atoms with E-state index >= 15 is 0 Å². The maximum atomic E-state index is 14.1. The lowest BCUT2D eigenvalue weighted by atomic mass is 10.2. The normalized spacial score (nSPS) is 12.2. The van der Waals surface area contributed by atoms with Gasteiger partial charge in [-0.1, -0.05) is 17.7 Å². The van der Waals surface area contributed by atoms with Gasteiger partial charge in [-0.15, -0.1) is 5.10 Å². The zero-order chi connectivity index (χ0) is 24.9. The molecule has 5 aromatic rings. The Labute approximate surface area is 200 Å². The number of carbonyl (C=O) groups excluding carboxylic acids is 1. The highest BCUT2D eigenvalue weighted by Crippen LogP contribution is 2.24. The highest BCUT2D eigenvalue weighted by molar-refractivity contribution is 6.35. The maximum Gasteiger partial charge on any atom is 0.267 e. The van der Waals surface area contributed by atoms with Gasteiger partial charge in [0.2, 0.25) is 0 Å². The molecule has 3 heterocycles. The minimum atomic E-state index is -1.15. The lowest BCUT2D eigenvalue weighted by Gasteiger charge is -2.20. The molecule has 5 rings (SSSR count). The molecule has 0 fully saturated rings. The average Bonchev–Trinajstić information content (AvgIpc) is 3.16. The van der Waals surface area contributed by atoms with Gasteiger partial charge >= 0.3 is 0 Å². The van der Waals surface area contributed by atoms with Crippen molar-refractivity contribution < 1.29 is 13.6 Å². The Morgan fingerprint density at radius 3 is 2.74 bits per heavy atom. The summed E-state index contributed by atoms with van der Waals surface area (Å²) in [5.41, 5.74) is 5.90. The van der Waals surface area contributed by atoms with Crippen molar-refractivity contribution in [1.29, 1.82) is 0 Å². The summed E-state index contributed by atoms with van der Waals surface area (Å²) in [7, 11) is 0. The largest absolute Gasteiger partial charge is 0.381 e. The van der Waals surface area contributed by atoms with Gasteiger partial charge in [-0.05, 0) is 37.3 Å². The number of anilines is 1. The van der Waals surface area contributed by atoms with E-state index < -0.39 is 29.1 Å². The van der Waals surface area contributed by atoms with Gasteiger partial charge in [-0.2, -0.15) is 0 Å². The van der Waals surface area contributed by atoms with E-state index in [1.807, 2.05) is 0 Å². The number of carbonyl (C=O) groups is 1. The summed E-state index contributed by atoms with van der Waals surface area (Å²) in [5, 5.41) is 7.05. The smallest absolute Gasteiger partial charge is 0.267 e. The van der Waals surface area contributed by atoms with Gasteiger partial charge in [0, 0.05) is 18.5 Å². The van der Waals surface area contributed by atoms with Crippen LogP contribution >= 0.6 is 11.6 Å². The number of nitrogens with two attached hydrogens (primary N) is 1. The molecular weight excluding hydrogens is 480 g/mol. The van der Waals surface area contributed by atoms with Crippen LogP contribution in [-0.2, 0) is 0 Å². The van der Waals surface area contributed by atoms with E-state index in [9.17, 15) is 18.4 Å². The lowest BCUT2D eigenvalue weighted by Crippen LogP contribution is -2.33. The van der Waals surface area contributed by atoms with Crippen molar-refractivity contribution >= 4 is 39.9 Å². The van der Waals surface area contributed by atoms with E-state index in [1.165, 1.54) is 22.8 Å². The third-order valence-corrected chi connectivity index (χ3v) is 5.73. The number of amides is 1. The molecule has 1 amide bonds. The van der Waals surface area contributed by atoms with Crippen LogP contribution in [0.2, 0.25) is 5.02 Å². The second-order valence-electron chi connectivity index (χ2n) is 7.69. The average molecular weight is 496 g/mol. The molecule has 0 spiro atoms. The van der Waals surface area contributed by atoms with E-state index in [4.69, 9.17) is 17.3 Å². The van der Waals surface area contributed by atoms with E-state index in [1.54, 1.807) is 31.3 Å². The summed E-state index contributed by atoms with van der Waals surface area (Å²) in [4.78, 5) is 35.3. The van der Waals surface area contributed by atoms with Crippen molar-refractivity contribution in [2.45, 2.75) is 13.0 Å². The first kappa shape index (κ1) is 22.4. The van der Waals surface area contributed by atoms with E-state index in [-0.39, 0.29) is 44.5 Å². The summed E-state index contributed by atoms with van der Waals surface area (Å²) >= 11 is 6.25. The number of fused-ring (bicyclic) bond motifs is 2. The minimum absolute atomic E-state index is 0.0106. The molecule has 0 radical (unpaired) electrons. The second-order valence-corrected chi connectivity index (χ2v) is 8.09. The summed E-state index contributed by atoms with van der Waals surface area (Å²) in [6.07, 6.45) is 3.08. The fourth-order valence-electron chi connectivity index (χ4n) is 3.83. The van der Waals surface area contributed by atoms with E-state index in [0.29, 0.717) is 0 Å². The molecule has 3 N–H and O–H groups in total. The molecule has 0 aliphatic heterocycles. The standard InChI is InChI=1S/C23H16ClF2N7O2/c1-11(29-22(34)18-19(27)31-32-9-3-8-28-21(18)32)20-30-16-5-2-4-13(24)17(16)23(35)33(20)12-6-7-14(25)15(26)10-12/h2-11H,1H3,(H2,27,31)(H,29,34). The maximum absolute atomic E-state index is 14.1. The van der Waals surface area contributed by atoms with Gasteiger partial charge in [0.05, 0.1) is 27.7 Å². The van der Waals surface area contributed by atoms with Crippen LogP contribution in [0.1, 0.15) is 29.1 Å². The second kappa shape index (κ2) is 8.44. The Bertz CT molecular complexity index is 1700. The third kappa shape index (κ3) is 3.75. The van der Waals surface area contributed by atoms with Gasteiger partial charge < -0.3 is 11.1 Å². The molecular formula is C23H16ClF2N7O2. The zero-order valence-electron chi connectivity index (χ0n) is 18.0. The highest BCUT2D eigenvalue weighted by Gasteiger charge is 2.25. The molecule has 0 aliphatic carbocycles. The number of rotatable bonds is 4. The van der Waals surface area contributed by atoms with Crippen LogP contribution in [0.3, 0.4) is 0 Å². The highest BCUT2D eigenvalue weighted by atomic mass is 35.5. The van der Waals surface area contributed by atoms with Crippen molar-refractivity contribution in [3.05, 3.63) is 93.3 Å². The minimum Gasteiger partial charge on any atom is -0.381 e. The number of aromatic nitrogens is 5. The van der Waals surface area contributed by atoms with Crippen LogP contribution in [0.25, 0.3) is 22.2 Å². The van der Waals surface area contributed by atoms with Crippen molar-refractivity contribution in [2.75, 3.05) is 5.73 Å². The SMILES string of the molecule is CC(NC(=O)c1c(N)nn2cccnc12)c1nc2cccc(Cl)c2c(=O)n1-c1ccc(F)c(F)c1. The van der Waals surface area contributed by atoms with Crippen LogP contribution in [0.5, 0.6) is 0 Å². The molecule has 12 heteroatoms. The van der Waals surface area contributed by atoms with Crippen molar-refractivity contribution in [1.82, 2.24) is 29.5 Å². The summed E-state index contributed by atoms with van der Waals surface area (Å²) in [5.74, 6) is -2.81. The molecule has 1 atom stereocenters. The first-order valence-electron chi connectivity index (χ1n) is 10.3. The number of hydrogen-bond donors (Lipinski definition) is 2. The Morgan fingerprint density at radius 1 is 1.17 bits per heavy atom. The molecule has 9 nitrogen and oxygen atoms in total.